The first-order valence-electron chi connectivity index (χ1n) is 5.95. The highest BCUT2D eigenvalue weighted by atomic mass is 79.9. The average molecular weight is 316 g/mol. The van der Waals surface area contributed by atoms with Crippen molar-refractivity contribution < 1.29 is 13.9 Å². The molecule has 0 aliphatic heterocycles. The SMILES string of the molecule is COC(=O)c1c(F)cc(Br)cc1NC1CCCC1. The van der Waals surface area contributed by atoms with Gasteiger partial charge in [-0.3, -0.25) is 0 Å². The van der Waals surface area contributed by atoms with Crippen molar-refractivity contribution in [3.63, 3.8) is 0 Å². The van der Waals surface area contributed by atoms with Crippen molar-refractivity contribution in [1.29, 1.82) is 0 Å². The van der Waals surface area contributed by atoms with E-state index >= 15 is 0 Å². The summed E-state index contributed by atoms with van der Waals surface area (Å²) in [5.41, 5.74) is 0.480. The Balaban J connectivity index is 2.33. The second-order valence-corrected chi connectivity index (χ2v) is 5.34. The third kappa shape index (κ3) is 2.83. The first-order chi connectivity index (χ1) is 8.61. The Kier molecular flexibility index (Phi) is 4.22. The number of halogens is 2. The van der Waals surface area contributed by atoms with E-state index in [1.165, 1.54) is 26.0 Å². The van der Waals surface area contributed by atoms with E-state index in [-0.39, 0.29) is 5.56 Å². The molecule has 0 bridgehead atoms. The van der Waals surface area contributed by atoms with Crippen LogP contribution in [-0.2, 0) is 4.74 Å². The predicted octanol–water partition coefficient (Wildman–Crippen LogP) is 3.73. The summed E-state index contributed by atoms with van der Waals surface area (Å²) in [5.74, 6) is -1.22. The van der Waals surface area contributed by atoms with Gasteiger partial charge in [-0.15, -0.1) is 0 Å². The lowest BCUT2D eigenvalue weighted by atomic mass is 10.1. The summed E-state index contributed by atoms with van der Waals surface area (Å²) in [6.07, 6.45) is 4.44. The van der Waals surface area contributed by atoms with Crippen LogP contribution in [0.5, 0.6) is 0 Å². The number of nitrogens with one attached hydrogen (secondary N) is 1. The molecule has 0 atom stereocenters. The van der Waals surface area contributed by atoms with Gasteiger partial charge in [-0.2, -0.15) is 0 Å². The maximum absolute atomic E-state index is 13.9. The molecule has 18 heavy (non-hydrogen) atoms. The van der Waals surface area contributed by atoms with Crippen molar-refractivity contribution in [2.75, 3.05) is 12.4 Å². The molecule has 0 heterocycles. The molecular formula is C13H15BrFNO2. The fraction of sp³-hybridized carbons (Fsp3) is 0.462. The average Bonchev–Trinajstić information content (AvgIpc) is 2.80. The Labute approximate surface area is 114 Å². The molecule has 0 radical (unpaired) electrons. The second kappa shape index (κ2) is 5.69. The van der Waals surface area contributed by atoms with Crippen molar-refractivity contribution in [3.05, 3.63) is 28.0 Å². The minimum atomic E-state index is -0.652. The van der Waals surface area contributed by atoms with Crippen LogP contribution in [0, 0.1) is 5.82 Å². The molecule has 1 aromatic rings. The van der Waals surface area contributed by atoms with Gasteiger partial charge < -0.3 is 10.1 Å². The van der Waals surface area contributed by atoms with Crippen LogP contribution in [0.25, 0.3) is 0 Å². The zero-order valence-electron chi connectivity index (χ0n) is 10.1. The largest absolute Gasteiger partial charge is 0.465 e. The maximum atomic E-state index is 13.9. The van der Waals surface area contributed by atoms with Gasteiger partial charge in [-0.25, -0.2) is 9.18 Å². The van der Waals surface area contributed by atoms with Gasteiger partial charge in [0.25, 0.3) is 0 Å². The maximum Gasteiger partial charge on any atom is 0.342 e. The molecule has 0 amide bonds. The summed E-state index contributed by atoms with van der Waals surface area (Å²) < 4.78 is 19.1. The first kappa shape index (κ1) is 13.3. The lowest BCUT2D eigenvalue weighted by Crippen LogP contribution is -2.18. The van der Waals surface area contributed by atoms with Gasteiger partial charge in [0, 0.05) is 10.5 Å². The van der Waals surface area contributed by atoms with Crippen molar-refractivity contribution in [2.24, 2.45) is 0 Å². The Morgan fingerprint density at radius 1 is 1.44 bits per heavy atom. The molecular weight excluding hydrogens is 301 g/mol. The monoisotopic (exact) mass is 315 g/mol. The van der Waals surface area contributed by atoms with Crippen molar-refractivity contribution in [3.8, 4) is 0 Å². The molecule has 1 fully saturated rings. The van der Waals surface area contributed by atoms with Crippen molar-refractivity contribution >= 4 is 27.6 Å². The van der Waals surface area contributed by atoms with E-state index in [2.05, 4.69) is 26.0 Å². The molecule has 0 aromatic heterocycles. The van der Waals surface area contributed by atoms with E-state index in [1.807, 2.05) is 0 Å². The molecule has 1 saturated carbocycles. The zero-order chi connectivity index (χ0) is 13.1. The zero-order valence-corrected chi connectivity index (χ0v) is 11.7. The van der Waals surface area contributed by atoms with Gasteiger partial charge >= 0.3 is 5.97 Å². The Morgan fingerprint density at radius 2 is 2.11 bits per heavy atom. The standard InChI is InChI=1S/C13H15BrFNO2/c1-18-13(17)12-10(15)6-8(14)7-11(12)16-9-4-2-3-5-9/h6-7,9,16H,2-5H2,1H3. The van der Waals surface area contributed by atoms with Crippen LogP contribution >= 0.6 is 15.9 Å². The molecule has 3 nitrogen and oxygen atoms in total. The van der Waals surface area contributed by atoms with E-state index in [9.17, 15) is 9.18 Å². The molecule has 1 aliphatic carbocycles. The van der Waals surface area contributed by atoms with Crippen LogP contribution in [0.15, 0.2) is 16.6 Å². The number of methoxy groups -OCH3 is 1. The predicted molar refractivity (Wildman–Crippen MR) is 71.3 cm³/mol. The van der Waals surface area contributed by atoms with E-state index in [1.54, 1.807) is 6.07 Å². The number of hydrogen-bond acceptors (Lipinski definition) is 3. The van der Waals surface area contributed by atoms with Gasteiger partial charge in [0.2, 0.25) is 0 Å². The summed E-state index contributed by atoms with van der Waals surface area (Å²) in [4.78, 5) is 11.6. The van der Waals surface area contributed by atoms with Gasteiger partial charge in [-0.05, 0) is 25.0 Å². The second-order valence-electron chi connectivity index (χ2n) is 4.43. The lowest BCUT2D eigenvalue weighted by Gasteiger charge is -2.17. The normalized spacial score (nSPS) is 15.7. The van der Waals surface area contributed by atoms with Gasteiger partial charge in [0.1, 0.15) is 11.4 Å². The number of hydrogen-bond donors (Lipinski definition) is 1. The van der Waals surface area contributed by atoms with Crippen LogP contribution in [0.3, 0.4) is 0 Å². The molecule has 5 heteroatoms. The minimum absolute atomic E-state index is 0.0207. The number of carbonyl (C=O) groups is 1. The molecule has 2 rings (SSSR count). The molecule has 0 spiro atoms. The topological polar surface area (TPSA) is 38.3 Å². The highest BCUT2D eigenvalue weighted by Gasteiger charge is 2.22. The third-order valence-electron chi connectivity index (χ3n) is 3.16. The van der Waals surface area contributed by atoms with Crippen LogP contribution in [0.4, 0.5) is 10.1 Å². The number of benzene rings is 1. The molecule has 98 valence electrons. The van der Waals surface area contributed by atoms with Crippen LogP contribution in [0.1, 0.15) is 36.0 Å². The molecule has 0 saturated heterocycles. The minimum Gasteiger partial charge on any atom is -0.465 e. The summed E-state index contributed by atoms with van der Waals surface area (Å²) in [5, 5.41) is 3.24. The van der Waals surface area contributed by atoms with E-state index < -0.39 is 11.8 Å². The van der Waals surface area contributed by atoms with Crippen LogP contribution in [-0.4, -0.2) is 19.1 Å². The molecule has 1 aromatic carbocycles. The smallest absolute Gasteiger partial charge is 0.342 e. The lowest BCUT2D eigenvalue weighted by molar-refractivity contribution is 0.0596. The highest BCUT2D eigenvalue weighted by molar-refractivity contribution is 9.10. The number of rotatable bonds is 3. The Hall–Kier alpha value is -1.10. The summed E-state index contributed by atoms with van der Waals surface area (Å²) in [7, 11) is 1.25. The summed E-state index contributed by atoms with van der Waals surface area (Å²) >= 11 is 3.24. The van der Waals surface area contributed by atoms with Crippen molar-refractivity contribution in [2.45, 2.75) is 31.7 Å². The van der Waals surface area contributed by atoms with Gasteiger partial charge in [0.05, 0.1) is 12.8 Å². The van der Waals surface area contributed by atoms with Crippen molar-refractivity contribution in [1.82, 2.24) is 0 Å². The Bertz CT molecular complexity index is 459. The van der Waals surface area contributed by atoms with Gasteiger partial charge in [-0.1, -0.05) is 28.8 Å². The summed E-state index contributed by atoms with van der Waals surface area (Å²) in [6, 6.07) is 3.29. The Morgan fingerprint density at radius 3 is 2.72 bits per heavy atom. The number of carbonyl (C=O) groups excluding carboxylic acids is 1. The highest BCUT2D eigenvalue weighted by Crippen LogP contribution is 2.29. The van der Waals surface area contributed by atoms with Crippen LogP contribution in [0.2, 0.25) is 0 Å². The number of esters is 1. The fourth-order valence-corrected chi connectivity index (χ4v) is 2.72. The molecule has 1 N–H and O–H groups in total. The van der Waals surface area contributed by atoms with E-state index in [0.29, 0.717) is 16.2 Å². The molecule has 1 aliphatic rings. The van der Waals surface area contributed by atoms with E-state index in [0.717, 1.165) is 12.8 Å². The van der Waals surface area contributed by atoms with Crippen LogP contribution < -0.4 is 5.32 Å². The fourth-order valence-electron chi connectivity index (χ4n) is 2.29. The molecule has 0 unspecified atom stereocenters. The quantitative estimate of drug-likeness (QED) is 0.864. The summed E-state index contributed by atoms with van der Waals surface area (Å²) in [6.45, 7) is 0. The first-order valence-corrected chi connectivity index (χ1v) is 6.75. The number of anilines is 1. The van der Waals surface area contributed by atoms with E-state index in [4.69, 9.17) is 0 Å². The number of ether oxygens (including phenoxy) is 1. The third-order valence-corrected chi connectivity index (χ3v) is 3.62. The van der Waals surface area contributed by atoms with Gasteiger partial charge in [0.15, 0.2) is 0 Å².